The number of hydrogen-bond donors (Lipinski definition) is 2. The van der Waals surface area contributed by atoms with E-state index in [-0.39, 0.29) is 0 Å². The molecule has 0 aliphatic rings. The highest BCUT2D eigenvalue weighted by molar-refractivity contribution is 7.61. The zero-order valence-electron chi connectivity index (χ0n) is 27.8. The monoisotopic (exact) mass is 674 g/mol. The van der Waals surface area contributed by atoms with E-state index in [1.807, 2.05) is 97.1 Å². The molecule has 0 aliphatic carbocycles. The molecule has 2 aromatic heterocycles. The van der Waals surface area contributed by atoms with Crippen LogP contribution in [0.25, 0.3) is 16.5 Å². The third kappa shape index (κ3) is 8.08. The summed E-state index contributed by atoms with van der Waals surface area (Å²) in [5.41, 5.74) is 3.50. The highest BCUT2D eigenvalue weighted by Gasteiger charge is 2.24. The van der Waals surface area contributed by atoms with Gasteiger partial charge in [-0.3, -0.25) is 5.32 Å². The number of ether oxygens (including phenoxy) is 1. The molecule has 0 saturated heterocycles. The molecule has 2 N–H and O–H groups in total. The van der Waals surface area contributed by atoms with Gasteiger partial charge in [0.15, 0.2) is 0 Å². The Balaban J connectivity index is 1.24. The largest absolute Gasteiger partial charge is 0.438 e. The summed E-state index contributed by atoms with van der Waals surface area (Å²) in [7, 11) is -4.09. The van der Waals surface area contributed by atoms with Gasteiger partial charge in [0, 0.05) is 40.9 Å². The van der Waals surface area contributed by atoms with Crippen molar-refractivity contribution < 1.29 is 14.1 Å². The van der Waals surface area contributed by atoms with Crippen molar-refractivity contribution in [3.05, 3.63) is 126 Å². The van der Waals surface area contributed by atoms with Crippen LogP contribution < -0.4 is 20.7 Å². The van der Waals surface area contributed by atoms with Crippen molar-refractivity contribution in [2.24, 2.45) is 0 Å². The van der Waals surface area contributed by atoms with Gasteiger partial charge >= 0.3 is 6.03 Å². The average Bonchev–Trinajstić information content (AvgIpc) is 3.47. The lowest BCUT2D eigenvalue weighted by Crippen LogP contribution is -2.39. The summed E-state index contributed by atoms with van der Waals surface area (Å²) in [6, 6.07) is 32.6. The molecule has 6 rings (SSSR count). The maximum absolute atomic E-state index is 13.5. The number of hydrogen-bond acceptors (Lipinski definition) is 6. The Hall–Kier alpha value is -5.05. The minimum absolute atomic E-state index is 0.402. The van der Waals surface area contributed by atoms with Crippen LogP contribution in [0.5, 0.6) is 11.6 Å². The minimum Gasteiger partial charge on any atom is -0.438 e. The van der Waals surface area contributed by atoms with Gasteiger partial charge in [-0.2, -0.15) is 10.1 Å². The van der Waals surface area contributed by atoms with E-state index >= 15 is 0 Å². The zero-order valence-corrected chi connectivity index (χ0v) is 29.7. The number of aromatic nitrogens is 4. The number of benzene rings is 4. The Bertz CT molecular complexity index is 2140. The van der Waals surface area contributed by atoms with E-state index in [0.29, 0.717) is 41.5 Å². The number of nitrogens with one attached hydrogen (secondary N) is 2. The van der Waals surface area contributed by atoms with Crippen molar-refractivity contribution in [3.8, 4) is 17.3 Å². The third-order valence-corrected chi connectivity index (χ3v) is 10.6. The molecule has 0 fully saturated rings. The van der Waals surface area contributed by atoms with Crippen molar-refractivity contribution in [1.82, 2.24) is 19.7 Å². The topological polar surface area (TPSA) is 111 Å². The predicted octanol–water partition coefficient (Wildman–Crippen LogP) is 8.51. The van der Waals surface area contributed by atoms with Crippen molar-refractivity contribution in [2.75, 3.05) is 24.0 Å². The second-order valence-electron chi connectivity index (χ2n) is 13.3. The molecular weight excluding hydrogens is 636 g/mol. The van der Waals surface area contributed by atoms with Gasteiger partial charge in [-0.25, -0.2) is 14.5 Å². The van der Waals surface area contributed by atoms with E-state index in [0.717, 1.165) is 32.9 Å². The molecule has 0 atom stereocenters. The summed E-state index contributed by atoms with van der Waals surface area (Å²) in [6.45, 7) is 10.2. The van der Waals surface area contributed by atoms with E-state index < -0.39 is 21.2 Å². The Morgan fingerprint density at radius 1 is 0.833 bits per heavy atom. The number of anilines is 2. The minimum atomic E-state index is -2.27. The van der Waals surface area contributed by atoms with E-state index in [1.165, 1.54) is 0 Å². The molecular formula is C37H39N6O3PSi. The fraction of sp³-hybridized carbons (Fsp3) is 0.189. The number of nitrogens with zero attached hydrogens (tertiary/aromatic N) is 4. The van der Waals surface area contributed by atoms with Crippen LogP contribution in [0.2, 0.25) is 19.6 Å². The van der Waals surface area contributed by atoms with Gasteiger partial charge in [-0.05, 0) is 54.8 Å². The van der Waals surface area contributed by atoms with E-state index in [9.17, 15) is 9.36 Å². The molecule has 4 aromatic carbocycles. The van der Waals surface area contributed by atoms with E-state index in [1.54, 1.807) is 30.3 Å². The third-order valence-electron chi connectivity index (χ3n) is 7.67. The van der Waals surface area contributed by atoms with Crippen LogP contribution in [0.15, 0.2) is 109 Å². The quantitative estimate of drug-likeness (QED) is 0.111. The summed E-state index contributed by atoms with van der Waals surface area (Å²) in [4.78, 5) is 22.6. The molecule has 244 valence electrons. The molecule has 48 heavy (non-hydrogen) atoms. The molecule has 11 heteroatoms. The standard InChI is InChI=1S/C37H39N6O3PSi/c1-47(2,45)25-27-14-11-15-28(22-27)43-34(24-36(42-43)48(3,4)5)41-37(44)39-31-18-19-32(30-17-10-9-16-29(30)31)46-35-20-21-38-33(40-35)23-26-12-7-6-8-13-26/h6-22,24H,23,25H2,1-5H3,(H2,39,41,44). The van der Waals surface area contributed by atoms with Crippen LogP contribution in [0.1, 0.15) is 17.0 Å². The normalized spacial score (nSPS) is 11.8. The first kappa shape index (κ1) is 32.9. The van der Waals surface area contributed by atoms with Crippen molar-refractivity contribution >= 4 is 48.8 Å². The lowest BCUT2D eigenvalue weighted by Gasteiger charge is -2.14. The smallest absolute Gasteiger partial charge is 0.324 e. The summed E-state index contributed by atoms with van der Waals surface area (Å²) in [5, 5.41) is 13.6. The Morgan fingerprint density at radius 2 is 1.56 bits per heavy atom. The molecule has 0 radical (unpaired) electrons. The molecule has 0 unspecified atom stereocenters. The lowest BCUT2D eigenvalue weighted by atomic mass is 10.1. The summed E-state index contributed by atoms with van der Waals surface area (Å²) >= 11 is 0. The van der Waals surface area contributed by atoms with Crippen LogP contribution in [-0.2, 0) is 17.1 Å². The number of amides is 2. The van der Waals surface area contributed by atoms with Crippen molar-refractivity contribution in [1.29, 1.82) is 0 Å². The van der Waals surface area contributed by atoms with Gasteiger partial charge in [-0.15, -0.1) is 0 Å². The van der Waals surface area contributed by atoms with Gasteiger partial charge < -0.3 is 14.6 Å². The highest BCUT2D eigenvalue weighted by Crippen LogP contribution is 2.40. The number of carbonyl (C=O) groups excluding carboxylic acids is 1. The van der Waals surface area contributed by atoms with Crippen LogP contribution >= 0.6 is 7.14 Å². The summed E-state index contributed by atoms with van der Waals surface area (Å²) in [5.74, 6) is 2.27. The lowest BCUT2D eigenvalue weighted by molar-refractivity contribution is 0.262. The number of fused-ring (bicyclic) bond motifs is 1. The first-order chi connectivity index (χ1) is 22.9. The van der Waals surface area contributed by atoms with Crippen molar-refractivity contribution in [3.63, 3.8) is 0 Å². The Morgan fingerprint density at radius 3 is 2.31 bits per heavy atom. The second-order valence-corrected chi connectivity index (χ2v) is 21.8. The molecule has 0 spiro atoms. The second kappa shape index (κ2) is 13.6. The Kier molecular flexibility index (Phi) is 9.30. The summed E-state index contributed by atoms with van der Waals surface area (Å²) in [6.07, 6.45) is 2.79. The first-order valence-electron chi connectivity index (χ1n) is 15.8. The van der Waals surface area contributed by atoms with Crippen molar-refractivity contribution in [2.45, 2.75) is 32.2 Å². The fourth-order valence-electron chi connectivity index (χ4n) is 5.41. The van der Waals surface area contributed by atoms with Crippen LogP contribution in [0, 0.1) is 0 Å². The van der Waals surface area contributed by atoms with Gasteiger partial charge in [0.1, 0.15) is 25.5 Å². The molecule has 2 amide bonds. The van der Waals surface area contributed by atoms with Gasteiger partial charge in [0.25, 0.3) is 0 Å². The number of carbonyl (C=O) groups is 1. The molecule has 6 aromatic rings. The molecule has 9 nitrogen and oxygen atoms in total. The molecule has 0 bridgehead atoms. The van der Waals surface area contributed by atoms with Crippen LogP contribution in [0.4, 0.5) is 16.3 Å². The highest BCUT2D eigenvalue weighted by atomic mass is 31.2. The Labute approximate surface area is 281 Å². The number of rotatable bonds is 10. The number of urea groups is 1. The van der Waals surface area contributed by atoms with Gasteiger partial charge in [0.2, 0.25) is 5.88 Å². The van der Waals surface area contributed by atoms with Crippen LogP contribution in [0.3, 0.4) is 0 Å². The van der Waals surface area contributed by atoms with Gasteiger partial charge in [0.05, 0.1) is 18.5 Å². The van der Waals surface area contributed by atoms with E-state index in [2.05, 4.69) is 40.2 Å². The molecule has 0 aliphatic heterocycles. The average molecular weight is 675 g/mol. The zero-order chi connectivity index (χ0) is 33.9. The maximum Gasteiger partial charge on any atom is 0.324 e. The van der Waals surface area contributed by atoms with Crippen LogP contribution in [-0.4, -0.2) is 47.2 Å². The molecule has 2 heterocycles. The van der Waals surface area contributed by atoms with E-state index in [4.69, 9.17) is 9.84 Å². The maximum atomic E-state index is 13.5. The molecule has 0 saturated carbocycles. The van der Waals surface area contributed by atoms with Gasteiger partial charge in [-0.1, -0.05) is 86.4 Å². The fourth-order valence-corrected chi connectivity index (χ4v) is 7.46. The first-order valence-corrected chi connectivity index (χ1v) is 22.1. The SMILES string of the molecule is C[Si](C)(C)c1cc(NC(=O)Nc2ccc(Oc3ccnc(Cc4ccccc4)n3)c3ccccc23)n(-c2cccc(CP(C)(C)=O)c2)n1. The predicted molar refractivity (Wildman–Crippen MR) is 198 cm³/mol. The summed E-state index contributed by atoms with van der Waals surface area (Å²) < 4.78 is 20.6.